The summed E-state index contributed by atoms with van der Waals surface area (Å²) in [6, 6.07) is 24.6. The molecule has 0 bridgehead atoms. The van der Waals surface area contributed by atoms with Crippen LogP contribution in [-0.2, 0) is 16.1 Å². The van der Waals surface area contributed by atoms with Crippen LogP contribution in [0.1, 0.15) is 30.2 Å². The number of methoxy groups -OCH3 is 1. The van der Waals surface area contributed by atoms with Gasteiger partial charge in [-0.2, -0.15) is 0 Å². The van der Waals surface area contributed by atoms with Gasteiger partial charge in [0.1, 0.15) is 18.1 Å². The molecule has 6 nitrogen and oxygen atoms in total. The molecule has 0 N–H and O–H groups in total. The van der Waals surface area contributed by atoms with Crippen molar-refractivity contribution in [2.24, 2.45) is 5.92 Å². The number of ether oxygens (including phenoxy) is 3. The lowest BCUT2D eigenvalue weighted by Gasteiger charge is -2.30. The average Bonchev–Trinajstić information content (AvgIpc) is 3.38. The van der Waals surface area contributed by atoms with Gasteiger partial charge < -0.3 is 19.1 Å². The molecule has 1 aliphatic rings. The Bertz CT molecular complexity index is 1390. The molecule has 7 heteroatoms. The zero-order chi connectivity index (χ0) is 27.2. The smallest absolute Gasteiger partial charge is 0.309 e. The van der Waals surface area contributed by atoms with Crippen molar-refractivity contribution in [1.29, 1.82) is 0 Å². The van der Waals surface area contributed by atoms with Gasteiger partial charge in [0.25, 0.3) is 0 Å². The van der Waals surface area contributed by atoms with Crippen molar-refractivity contribution in [3.05, 3.63) is 83.2 Å². The van der Waals surface area contributed by atoms with E-state index >= 15 is 0 Å². The Morgan fingerprint density at radius 3 is 2.31 bits per heavy atom. The van der Waals surface area contributed by atoms with E-state index in [1.54, 1.807) is 18.4 Å². The third-order valence-electron chi connectivity index (χ3n) is 7.08. The van der Waals surface area contributed by atoms with E-state index in [1.807, 2.05) is 37.3 Å². The Labute approximate surface area is 234 Å². The Morgan fingerprint density at radius 1 is 0.974 bits per heavy atom. The topological polar surface area (TPSA) is 60.9 Å². The number of carbonyl (C=O) groups excluding carboxylic acids is 1. The number of carbonyl (C=O) groups is 1. The molecular formula is C32H34N2O4S. The van der Waals surface area contributed by atoms with E-state index in [9.17, 15) is 4.79 Å². The van der Waals surface area contributed by atoms with Crippen molar-refractivity contribution < 1.29 is 19.0 Å². The second-order valence-corrected chi connectivity index (χ2v) is 10.8. The highest BCUT2D eigenvalue weighted by Crippen LogP contribution is 2.38. The Morgan fingerprint density at radius 2 is 1.64 bits per heavy atom. The van der Waals surface area contributed by atoms with Crippen LogP contribution >= 0.6 is 11.3 Å². The lowest BCUT2D eigenvalue weighted by atomic mass is 9.97. The molecule has 0 aliphatic carbocycles. The minimum Gasteiger partial charge on any atom is -0.497 e. The summed E-state index contributed by atoms with van der Waals surface area (Å²) in [6.45, 7) is 6.48. The predicted molar refractivity (Wildman–Crippen MR) is 157 cm³/mol. The van der Waals surface area contributed by atoms with Crippen LogP contribution in [0.4, 0.5) is 5.13 Å². The normalized spacial score (nSPS) is 13.8. The molecule has 0 unspecified atom stereocenters. The third kappa shape index (κ3) is 6.25. The molecule has 202 valence electrons. The van der Waals surface area contributed by atoms with E-state index in [0.29, 0.717) is 13.2 Å². The maximum absolute atomic E-state index is 12.1. The third-order valence-corrected chi connectivity index (χ3v) is 8.12. The van der Waals surface area contributed by atoms with Crippen molar-refractivity contribution >= 4 is 22.4 Å². The van der Waals surface area contributed by atoms with E-state index in [-0.39, 0.29) is 11.9 Å². The van der Waals surface area contributed by atoms with Crippen molar-refractivity contribution in [3.63, 3.8) is 0 Å². The zero-order valence-corrected chi connectivity index (χ0v) is 23.5. The van der Waals surface area contributed by atoms with E-state index in [2.05, 4.69) is 54.3 Å². The maximum Gasteiger partial charge on any atom is 0.309 e. The molecule has 0 amide bonds. The minimum absolute atomic E-state index is 0.0128. The summed E-state index contributed by atoms with van der Waals surface area (Å²) in [6.07, 6.45) is 1.59. The van der Waals surface area contributed by atoms with Crippen LogP contribution in [0.3, 0.4) is 0 Å². The summed E-state index contributed by atoms with van der Waals surface area (Å²) >= 11 is 1.70. The molecule has 5 rings (SSSR count). The van der Waals surface area contributed by atoms with Crippen molar-refractivity contribution in [1.82, 2.24) is 4.98 Å². The fraction of sp³-hybridized carbons (Fsp3) is 0.312. The van der Waals surface area contributed by atoms with Gasteiger partial charge in [0.15, 0.2) is 5.13 Å². The van der Waals surface area contributed by atoms with Gasteiger partial charge in [-0.15, -0.1) is 11.3 Å². The predicted octanol–water partition coefficient (Wildman–Crippen LogP) is 7.15. The molecular weight excluding hydrogens is 508 g/mol. The summed E-state index contributed by atoms with van der Waals surface area (Å²) in [5, 5.41) is 0.994. The lowest BCUT2D eigenvalue weighted by Crippen LogP contribution is -2.36. The number of hydrogen-bond acceptors (Lipinski definition) is 7. The molecule has 0 spiro atoms. The number of nitrogens with zero attached hydrogens (tertiary/aromatic N) is 2. The van der Waals surface area contributed by atoms with Crippen LogP contribution in [-0.4, -0.2) is 37.8 Å². The number of benzene rings is 3. The van der Waals surface area contributed by atoms with E-state index in [1.165, 1.54) is 0 Å². The van der Waals surface area contributed by atoms with Gasteiger partial charge in [-0.05, 0) is 67.6 Å². The van der Waals surface area contributed by atoms with Crippen molar-refractivity contribution in [2.45, 2.75) is 33.3 Å². The van der Waals surface area contributed by atoms with Gasteiger partial charge in [-0.1, -0.05) is 48.5 Å². The summed E-state index contributed by atoms with van der Waals surface area (Å²) in [5.41, 5.74) is 5.34. The summed E-state index contributed by atoms with van der Waals surface area (Å²) in [7, 11) is 1.68. The Balaban J connectivity index is 1.25. The molecule has 3 aromatic carbocycles. The average molecular weight is 543 g/mol. The summed E-state index contributed by atoms with van der Waals surface area (Å²) in [4.78, 5) is 20.6. The number of thiazole rings is 1. The molecule has 4 aromatic rings. The number of para-hydroxylation sites is 1. The number of aryl methyl sites for hydroxylation is 1. The molecule has 39 heavy (non-hydrogen) atoms. The molecule has 2 heterocycles. The number of anilines is 1. The lowest BCUT2D eigenvalue weighted by molar-refractivity contribution is -0.148. The number of piperidine rings is 1. The van der Waals surface area contributed by atoms with Crippen LogP contribution in [0.5, 0.6) is 11.5 Å². The van der Waals surface area contributed by atoms with Crippen molar-refractivity contribution in [2.75, 3.05) is 31.7 Å². The van der Waals surface area contributed by atoms with Crippen LogP contribution in [0.2, 0.25) is 0 Å². The molecule has 1 fully saturated rings. The van der Waals surface area contributed by atoms with E-state index < -0.39 is 0 Å². The van der Waals surface area contributed by atoms with Gasteiger partial charge in [0, 0.05) is 23.5 Å². The molecule has 1 aromatic heterocycles. The fourth-order valence-electron chi connectivity index (χ4n) is 4.86. The Kier molecular flexibility index (Phi) is 8.47. The van der Waals surface area contributed by atoms with E-state index in [4.69, 9.17) is 19.2 Å². The highest BCUT2D eigenvalue weighted by atomic mass is 32.1. The number of rotatable bonds is 9. The molecule has 1 saturated heterocycles. The highest BCUT2D eigenvalue weighted by Gasteiger charge is 2.28. The minimum atomic E-state index is -0.0744. The second kappa shape index (κ2) is 12.3. The SMILES string of the molecule is CCOC(=O)C1CCN(c2nc(-c3ccccc3OCc3ccc(-c4ccc(OC)cc4)cc3)c(C)s2)CC1. The first-order valence-corrected chi connectivity index (χ1v) is 14.2. The second-order valence-electron chi connectivity index (χ2n) is 9.62. The van der Waals surface area contributed by atoms with Gasteiger partial charge in [0.2, 0.25) is 0 Å². The van der Waals surface area contributed by atoms with Crippen LogP contribution in [0, 0.1) is 12.8 Å². The summed E-state index contributed by atoms with van der Waals surface area (Å²) in [5.74, 6) is 1.58. The quantitative estimate of drug-likeness (QED) is 0.209. The fourth-order valence-corrected chi connectivity index (χ4v) is 5.84. The first-order valence-electron chi connectivity index (χ1n) is 13.4. The van der Waals surface area contributed by atoms with Gasteiger partial charge >= 0.3 is 5.97 Å². The number of hydrogen-bond donors (Lipinski definition) is 0. The monoisotopic (exact) mass is 542 g/mol. The molecule has 0 atom stereocenters. The van der Waals surface area contributed by atoms with Crippen LogP contribution in [0.15, 0.2) is 72.8 Å². The Hall–Kier alpha value is -3.84. The van der Waals surface area contributed by atoms with Gasteiger partial charge in [-0.3, -0.25) is 4.79 Å². The molecule has 0 radical (unpaired) electrons. The molecule has 0 saturated carbocycles. The van der Waals surface area contributed by atoms with Crippen LogP contribution < -0.4 is 14.4 Å². The standard InChI is InChI=1S/C32H34N2O4S/c1-4-37-31(35)26-17-19-34(20-18-26)32-33-30(22(2)39-32)28-7-5-6-8-29(28)38-21-23-9-11-24(12-10-23)25-13-15-27(36-3)16-14-25/h5-16,26H,4,17-21H2,1-3H3. The van der Waals surface area contributed by atoms with Gasteiger partial charge in [-0.25, -0.2) is 4.98 Å². The number of aromatic nitrogens is 1. The first-order chi connectivity index (χ1) is 19.1. The first kappa shape index (κ1) is 26.8. The summed E-state index contributed by atoms with van der Waals surface area (Å²) < 4.78 is 16.8. The zero-order valence-electron chi connectivity index (χ0n) is 22.7. The van der Waals surface area contributed by atoms with E-state index in [0.717, 1.165) is 75.4 Å². The van der Waals surface area contributed by atoms with Crippen LogP contribution in [0.25, 0.3) is 22.4 Å². The maximum atomic E-state index is 12.1. The largest absolute Gasteiger partial charge is 0.497 e. The van der Waals surface area contributed by atoms with Gasteiger partial charge in [0.05, 0.1) is 25.3 Å². The molecule has 1 aliphatic heterocycles. The highest BCUT2D eigenvalue weighted by molar-refractivity contribution is 7.16. The van der Waals surface area contributed by atoms with Crippen molar-refractivity contribution in [3.8, 4) is 33.9 Å². The number of esters is 1.